The maximum atomic E-state index is 11.9. The molecule has 5 nitrogen and oxygen atoms in total. The van der Waals surface area contributed by atoms with E-state index in [1.165, 1.54) is 11.1 Å². The Labute approximate surface area is 202 Å². The minimum absolute atomic E-state index is 0.0498. The van der Waals surface area contributed by atoms with Gasteiger partial charge >= 0.3 is 0 Å². The monoisotopic (exact) mass is 472 g/mol. The van der Waals surface area contributed by atoms with E-state index >= 15 is 0 Å². The molecule has 2 N–H and O–H groups in total. The van der Waals surface area contributed by atoms with Crippen LogP contribution in [0.3, 0.4) is 0 Å². The first-order valence-electron chi connectivity index (χ1n) is 11.1. The Morgan fingerprint density at radius 1 is 0.970 bits per heavy atom. The second kappa shape index (κ2) is 8.56. The lowest BCUT2D eigenvalue weighted by Crippen LogP contribution is -2.50. The molecular weight excluding hydrogens is 448 g/mol. The van der Waals surface area contributed by atoms with Crippen LogP contribution in [-0.2, 0) is 6.54 Å². The van der Waals surface area contributed by atoms with Gasteiger partial charge in [-0.25, -0.2) is 0 Å². The van der Waals surface area contributed by atoms with Gasteiger partial charge in [0.25, 0.3) is 0 Å². The molecule has 3 aliphatic rings. The highest BCUT2D eigenvalue weighted by Crippen LogP contribution is 2.51. The molecule has 3 atom stereocenters. The van der Waals surface area contributed by atoms with Crippen LogP contribution in [0.4, 0.5) is 5.69 Å². The maximum absolute atomic E-state index is 11.9. The number of benzene rings is 3. The third-order valence-corrected chi connectivity index (χ3v) is 8.57. The zero-order valence-electron chi connectivity index (χ0n) is 18.0. The highest BCUT2D eigenvalue weighted by atomic mass is 32.2. The van der Waals surface area contributed by atoms with Gasteiger partial charge in [-0.2, -0.15) is 0 Å². The molecule has 3 aliphatic heterocycles. The van der Waals surface area contributed by atoms with E-state index in [0.29, 0.717) is 18.1 Å². The predicted molar refractivity (Wildman–Crippen MR) is 139 cm³/mol. The van der Waals surface area contributed by atoms with Crippen molar-refractivity contribution in [2.75, 3.05) is 16.8 Å². The fourth-order valence-electron chi connectivity index (χ4n) is 4.66. The fourth-order valence-corrected chi connectivity index (χ4v) is 6.95. The Hall–Kier alpha value is -2.74. The Morgan fingerprint density at radius 3 is 2.45 bits per heavy atom. The number of rotatable bonds is 4. The summed E-state index contributed by atoms with van der Waals surface area (Å²) < 4.78 is 0. The lowest BCUT2D eigenvalue weighted by atomic mass is 9.93. The molecule has 7 heteroatoms. The van der Waals surface area contributed by atoms with Crippen molar-refractivity contribution in [2.24, 2.45) is 9.98 Å². The molecule has 3 aromatic carbocycles. The van der Waals surface area contributed by atoms with Gasteiger partial charge in [-0.05, 0) is 22.8 Å². The zero-order valence-corrected chi connectivity index (χ0v) is 19.6. The fraction of sp³-hybridized carbons (Fsp3) is 0.231. The van der Waals surface area contributed by atoms with Crippen LogP contribution in [0.1, 0.15) is 28.8 Å². The zero-order chi connectivity index (χ0) is 22.3. The third-order valence-electron chi connectivity index (χ3n) is 6.29. The van der Waals surface area contributed by atoms with E-state index < -0.39 is 5.72 Å². The van der Waals surface area contributed by atoms with Gasteiger partial charge in [0.2, 0.25) is 0 Å². The Kier molecular flexibility index (Phi) is 5.40. The normalized spacial score (nSPS) is 25.7. The lowest BCUT2D eigenvalue weighted by molar-refractivity contribution is -0.0393. The Morgan fingerprint density at radius 2 is 1.67 bits per heavy atom. The first-order valence-corrected chi connectivity index (χ1v) is 13.0. The van der Waals surface area contributed by atoms with E-state index in [-0.39, 0.29) is 12.1 Å². The molecule has 3 aromatic rings. The molecule has 33 heavy (non-hydrogen) atoms. The SMILES string of the molecule is OC1(CSC2=NCc3ccccc3N2)CSC2=N[C@H](c3ccccc3)[C@@H](c3ccccc3)N21. The van der Waals surface area contributed by atoms with Crippen LogP contribution in [0.5, 0.6) is 0 Å². The molecule has 6 rings (SSSR count). The molecule has 0 bridgehead atoms. The van der Waals surface area contributed by atoms with E-state index in [0.717, 1.165) is 21.6 Å². The van der Waals surface area contributed by atoms with Gasteiger partial charge in [0.15, 0.2) is 16.1 Å². The first-order chi connectivity index (χ1) is 16.2. The van der Waals surface area contributed by atoms with Crippen molar-refractivity contribution in [3.05, 3.63) is 102 Å². The van der Waals surface area contributed by atoms with Crippen molar-refractivity contribution >= 4 is 39.5 Å². The summed E-state index contributed by atoms with van der Waals surface area (Å²) in [6.07, 6.45) is 0. The average Bonchev–Trinajstić information content (AvgIpc) is 3.42. The average molecular weight is 473 g/mol. The molecule has 166 valence electrons. The maximum Gasteiger partial charge on any atom is 0.162 e. The van der Waals surface area contributed by atoms with Crippen LogP contribution in [0, 0.1) is 0 Å². The number of hydrogen-bond acceptors (Lipinski definition) is 7. The minimum atomic E-state index is -1.01. The van der Waals surface area contributed by atoms with Crippen molar-refractivity contribution in [1.82, 2.24) is 4.90 Å². The van der Waals surface area contributed by atoms with E-state index in [9.17, 15) is 5.11 Å². The van der Waals surface area contributed by atoms with Crippen molar-refractivity contribution < 1.29 is 5.11 Å². The van der Waals surface area contributed by atoms with Gasteiger partial charge < -0.3 is 15.3 Å². The summed E-state index contributed by atoms with van der Waals surface area (Å²) in [7, 11) is 0. The summed E-state index contributed by atoms with van der Waals surface area (Å²) in [6.45, 7) is 0.665. The molecule has 0 spiro atoms. The van der Waals surface area contributed by atoms with Crippen LogP contribution in [0.25, 0.3) is 0 Å². The number of amidine groups is 2. The van der Waals surface area contributed by atoms with Crippen LogP contribution in [0.2, 0.25) is 0 Å². The van der Waals surface area contributed by atoms with Crippen LogP contribution in [-0.4, -0.2) is 37.6 Å². The van der Waals surface area contributed by atoms with Gasteiger partial charge in [0.1, 0.15) is 6.04 Å². The third kappa shape index (κ3) is 3.84. The van der Waals surface area contributed by atoms with E-state index in [2.05, 4.69) is 75.9 Å². The van der Waals surface area contributed by atoms with Gasteiger partial charge in [-0.1, -0.05) is 102 Å². The van der Waals surface area contributed by atoms with Crippen molar-refractivity contribution in [2.45, 2.75) is 24.4 Å². The standard InChI is InChI=1S/C26H24N4OS2/c31-26(16-32-24-27-15-20-13-7-8-14-21(20)28-24)17-33-25-29-22(18-9-3-1-4-10-18)23(30(25)26)19-11-5-2-6-12-19/h1-14,22-23,31H,15-17H2,(H,27,28)/t22-,23-,26?/m1/s1. The summed E-state index contributed by atoms with van der Waals surface area (Å²) in [5, 5.41) is 17.1. The quantitative estimate of drug-likeness (QED) is 0.540. The van der Waals surface area contributed by atoms with E-state index in [1.807, 2.05) is 24.3 Å². The lowest BCUT2D eigenvalue weighted by Gasteiger charge is -2.38. The number of aliphatic hydroxyl groups is 1. The van der Waals surface area contributed by atoms with Crippen LogP contribution < -0.4 is 5.32 Å². The van der Waals surface area contributed by atoms with Gasteiger partial charge in [0.05, 0.1) is 12.6 Å². The molecule has 1 saturated heterocycles. The number of fused-ring (bicyclic) bond motifs is 2. The van der Waals surface area contributed by atoms with E-state index in [4.69, 9.17) is 4.99 Å². The number of anilines is 1. The van der Waals surface area contributed by atoms with E-state index in [1.54, 1.807) is 23.5 Å². The van der Waals surface area contributed by atoms with Crippen molar-refractivity contribution in [3.63, 3.8) is 0 Å². The van der Waals surface area contributed by atoms with Crippen LogP contribution >= 0.6 is 23.5 Å². The second-order valence-corrected chi connectivity index (χ2v) is 10.4. The summed E-state index contributed by atoms with van der Waals surface area (Å²) in [4.78, 5) is 11.9. The molecule has 0 amide bonds. The molecule has 3 heterocycles. The smallest absolute Gasteiger partial charge is 0.162 e. The van der Waals surface area contributed by atoms with Gasteiger partial charge in [0, 0.05) is 17.2 Å². The molecule has 0 radical (unpaired) electrons. The number of nitrogens with zero attached hydrogens (tertiary/aromatic N) is 3. The topological polar surface area (TPSA) is 60.2 Å². The van der Waals surface area contributed by atoms with Crippen molar-refractivity contribution in [1.29, 1.82) is 0 Å². The van der Waals surface area contributed by atoms with Gasteiger partial charge in [-0.15, -0.1) is 0 Å². The number of para-hydroxylation sites is 1. The minimum Gasteiger partial charge on any atom is -0.369 e. The predicted octanol–water partition coefficient (Wildman–Crippen LogP) is 5.29. The van der Waals surface area contributed by atoms with Crippen molar-refractivity contribution in [3.8, 4) is 0 Å². The molecule has 0 aromatic heterocycles. The molecular formula is C26H24N4OS2. The molecule has 1 fully saturated rings. The number of aliphatic imine (C=N–C) groups is 2. The summed E-state index contributed by atoms with van der Waals surface area (Å²) in [5.74, 6) is 1.10. The highest BCUT2D eigenvalue weighted by Gasteiger charge is 2.53. The molecule has 1 unspecified atom stereocenters. The molecule has 0 saturated carbocycles. The molecule has 0 aliphatic carbocycles. The summed E-state index contributed by atoms with van der Waals surface area (Å²) >= 11 is 3.22. The highest BCUT2D eigenvalue weighted by molar-refractivity contribution is 8.15. The number of nitrogens with one attached hydrogen (secondary N) is 1. The second-order valence-electron chi connectivity index (χ2n) is 8.46. The number of thioether (sulfide) groups is 2. The first kappa shape index (κ1) is 20.8. The van der Waals surface area contributed by atoms with Gasteiger partial charge in [-0.3, -0.25) is 9.98 Å². The van der Waals surface area contributed by atoms with Crippen LogP contribution in [0.15, 0.2) is 94.9 Å². The Bertz CT molecular complexity index is 1220. The summed E-state index contributed by atoms with van der Waals surface area (Å²) in [6, 6.07) is 29.0. The number of hydrogen-bond donors (Lipinski definition) is 2. The largest absolute Gasteiger partial charge is 0.369 e. The Balaban J connectivity index is 1.28. The summed E-state index contributed by atoms with van der Waals surface area (Å²) in [5.41, 5.74) is 3.61.